The molecule has 1 aliphatic heterocycles. The molecule has 5 aliphatic rings. The smallest absolute Gasteiger partial charge is 0.315 e. The quantitative estimate of drug-likeness (QED) is 0.308. The van der Waals surface area contributed by atoms with Crippen LogP contribution in [-0.2, 0) is 32.0 Å². The molecule has 1 aromatic rings. The molecule has 3 saturated carbocycles. The zero-order valence-corrected chi connectivity index (χ0v) is 25.3. The molecule has 10 heteroatoms. The maximum Gasteiger partial charge on any atom is 0.315 e. The number of primary amides is 1. The maximum atomic E-state index is 14.5. The number of likely N-dealkylation sites (tertiary alicyclic amines) is 1. The van der Waals surface area contributed by atoms with E-state index in [4.69, 9.17) is 5.73 Å². The van der Waals surface area contributed by atoms with Gasteiger partial charge in [0.05, 0.1) is 6.04 Å². The largest absolute Gasteiger partial charge is 0.363 e. The summed E-state index contributed by atoms with van der Waals surface area (Å²) in [6.45, 7) is 4.61. The van der Waals surface area contributed by atoms with Crippen LogP contribution in [0.5, 0.6) is 0 Å². The molecule has 1 aromatic carbocycles. The van der Waals surface area contributed by atoms with Crippen LogP contribution in [0.2, 0.25) is 0 Å². The predicted octanol–water partition coefficient (Wildman–Crippen LogP) is 2.22. The lowest BCUT2D eigenvalue weighted by Crippen LogP contribution is -2.60. The molecule has 10 nitrogen and oxygen atoms in total. The fourth-order valence-corrected chi connectivity index (χ4v) is 8.16. The third kappa shape index (κ3) is 6.02. The summed E-state index contributed by atoms with van der Waals surface area (Å²) in [4.78, 5) is 67.8. The number of carbonyl (C=O) groups is 5. The van der Waals surface area contributed by atoms with Gasteiger partial charge in [-0.25, -0.2) is 4.79 Å². The van der Waals surface area contributed by atoms with Crippen LogP contribution in [-0.4, -0.2) is 65.1 Å². The minimum absolute atomic E-state index is 0.0702. The molecule has 0 radical (unpaired) electrons. The standard InChI is InChI=1S/C33H45N5O5/c1-33(2)23-17-38(27(25(23)33)30(41)36-24(14-18-12-13-18)28(39)29(34)40)31(42)26(21-15-19-8-6-7-9-20(19)16-21)37-32(43)35-22-10-4-3-5-11-22/h6-9,18,21-27H,3-5,10-17H2,1-2H3,(H2,34,40)(H,36,41)(H2,35,37,43). The number of nitrogens with two attached hydrogens (primary N) is 1. The Bertz CT molecular complexity index is 1280. The van der Waals surface area contributed by atoms with Gasteiger partial charge in [0.2, 0.25) is 17.6 Å². The molecule has 0 bridgehead atoms. The van der Waals surface area contributed by atoms with Gasteiger partial charge < -0.3 is 26.6 Å². The second kappa shape index (κ2) is 11.6. The monoisotopic (exact) mass is 591 g/mol. The second-order valence-corrected chi connectivity index (χ2v) is 14.2. The zero-order valence-electron chi connectivity index (χ0n) is 25.3. The molecule has 4 fully saturated rings. The number of benzene rings is 1. The van der Waals surface area contributed by atoms with Crippen molar-refractivity contribution in [3.63, 3.8) is 0 Å². The summed E-state index contributed by atoms with van der Waals surface area (Å²) < 4.78 is 0. The van der Waals surface area contributed by atoms with Crippen molar-refractivity contribution in [2.45, 2.75) is 102 Å². The molecule has 0 aromatic heterocycles. The number of hydrogen-bond donors (Lipinski definition) is 4. The van der Waals surface area contributed by atoms with E-state index in [1.54, 1.807) is 4.90 Å². The molecule has 4 aliphatic carbocycles. The van der Waals surface area contributed by atoms with Crippen molar-refractivity contribution in [3.8, 4) is 0 Å². The lowest BCUT2D eigenvalue weighted by atomic mass is 9.93. The van der Waals surface area contributed by atoms with Gasteiger partial charge in [-0.1, -0.05) is 70.2 Å². The number of ketones is 1. The lowest BCUT2D eigenvalue weighted by molar-refractivity contribution is -0.144. The summed E-state index contributed by atoms with van der Waals surface area (Å²) >= 11 is 0. The van der Waals surface area contributed by atoms with E-state index in [1.807, 2.05) is 12.1 Å². The van der Waals surface area contributed by atoms with Crippen molar-refractivity contribution in [2.75, 3.05) is 6.54 Å². The van der Waals surface area contributed by atoms with E-state index in [2.05, 4.69) is 41.9 Å². The highest BCUT2D eigenvalue weighted by Crippen LogP contribution is 2.65. The number of nitrogens with one attached hydrogen (secondary N) is 3. The summed E-state index contributed by atoms with van der Waals surface area (Å²) in [5, 5.41) is 8.97. The third-order valence-electron chi connectivity index (χ3n) is 10.9. The molecule has 232 valence electrons. The normalized spacial score (nSPS) is 27.4. The van der Waals surface area contributed by atoms with Crippen LogP contribution in [0.4, 0.5) is 4.79 Å². The average molecular weight is 592 g/mol. The van der Waals surface area contributed by atoms with Crippen molar-refractivity contribution in [1.82, 2.24) is 20.9 Å². The van der Waals surface area contributed by atoms with E-state index < -0.39 is 35.7 Å². The average Bonchev–Trinajstić information content (AvgIpc) is 3.73. The Morgan fingerprint density at radius 3 is 2.21 bits per heavy atom. The Morgan fingerprint density at radius 2 is 1.60 bits per heavy atom. The fraction of sp³-hybridized carbons (Fsp3) is 0.667. The number of fused-ring (bicyclic) bond motifs is 2. The van der Waals surface area contributed by atoms with E-state index in [0.717, 1.165) is 38.5 Å². The van der Waals surface area contributed by atoms with Crippen LogP contribution in [0.25, 0.3) is 0 Å². The topological polar surface area (TPSA) is 151 Å². The van der Waals surface area contributed by atoms with E-state index in [1.165, 1.54) is 17.5 Å². The molecule has 5 unspecified atom stereocenters. The number of Topliss-reactive ketones (excluding diaryl/α,β-unsaturated/α-hetero) is 1. The van der Waals surface area contributed by atoms with Gasteiger partial charge in [0.15, 0.2) is 0 Å². The minimum atomic E-state index is -1.07. The van der Waals surface area contributed by atoms with Crippen molar-refractivity contribution >= 4 is 29.5 Å². The van der Waals surface area contributed by atoms with Crippen molar-refractivity contribution < 1.29 is 24.0 Å². The van der Waals surface area contributed by atoms with Gasteiger partial charge in [-0.05, 0) is 72.3 Å². The molecular weight excluding hydrogens is 546 g/mol. The molecule has 6 rings (SSSR count). The van der Waals surface area contributed by atoms with Gasteiger partial charge in [-0.2, -0.15) is 0 Å². The maximum absolute atomic E-state index is 14.5. The number of urea groups is 1. The van der Waals surface area contributed by atoms with Crippen LogP contribution in [0, 0.1) is 29.1 Å². The molecule has 43 heavy (non-hydrogen) atoms. The minimum Gasteiger partial charge on any atom is -0.363 e. The molecule has 5 N–H and O–H groups in total. The van der Waals surface area contributed by atoms with Crippen molar-refractivity contribution in [3.05, 3.63) is 35.4 Å². The van der Waals surface area contributed by atoms with Gasteiger partial charge in [0.1, 0.15) is 12.1 Å². The van der Waals surface area contributed by atoms with E-state index in [0.29, 0.717) is 25.8 Å². The second-order valence-electron chi connectivity index (χ2n) is 14.2. The Labute approximate surface area is 253 Å². The number of rotatable bonds is 10. The zero-order chi connectivity index (χ0) is 30.5. The molecule has 0 spiro atoms. The first kappa shape index (κ1) is 29.6. The molecule has 1 saturated heterocycles. The highest BCUT2D eigenvalue weighted by molar-refractivity contribution is 6.37. The summed E-state index contributed by atoms with van der Waals surface area (Å²) in [6.07, 6.45) is 8.78. The highest BCUT2D eigenvalue weighted by Gasteiger charge is 2.69. The summed E-state index contributed by atoms with van der Waals surface area (Å²) in [6, 6.07) is 5.28. The Balaban J connectivity index is 1.23. The van der Waals surface area contributed by atoms with Gasteiger partial charge in [0, 0.05) is 12.6 Å². The number of amides is 5. The molecule has 5 atom stereocenters. The van der Waals surface area contributed by atoms with Gasteiger partial charge in [0.25, 0.3) is 5.91 Å². The summed E-state index contributed by atoms with van der Waals surface area (Å²) in [7, 11) is 0. The first-order valence-electron chi connectivity index (χ1n) is 16.1. The molecular formula is C33H45N5O5. The molecule has 5 amide bonds. The summed E-state index contributed by atoms with van der Waals surface area (Å²) in [5.74, 6) is -2.35. The fourth-order valence-electron chi connectivity index (χ4n) is 8.16. The van der Waals surface area contributed by atoms with Crippen LogP contribution in [0.3, 0.4) is 0 Å². The third-order valence-corrected chi connectivity index (χ3v) is 10.9. The number of piperidine rings is 1. The highest BCUT2D eigenvalue weighted by atomic mass is 16.2. The van der Waals surface area contributed by atoms with E-state index in [-0.39, 0.29) is 47.1 Å². The Kier molecular flexibility index (Phi) is 7.98. The van der Waals surface area contributed by atoms with Gasteiger partial charge >= 0.3 is 6.03 Å². The summed E-state index contributed by atoms with van der Waals surface area (Å²) in [5.41, 5.74) is 7.54. The van der Waals surface area contributed by atoms with Crippen LogP contribution >= 0.6 is 0 Å². The SMILES string of the molecule is CC1(C)C2CN(C(=O)C(NC(=O)NC3CCCCC3)C3Cc4ccccc4C3)C(C(=O)NC(CC3CC3)C(=O)C(N)=O)C21. The van der Waals surface area contributed by atoms with E-state index >= 15 is 0 Å². The van der Waals surface area contributed by atoms with Crippen LogP contribution < -0.4 is 21.7 Å². The van der Waals surface area contributed by atoms with Crippen molar-refractivity contribution in [2.24, 2.45) is 34.8 Å². The van der Waals surface area contributed by atoms with E-state index in [9.17, 15) is 24.0 Å². The van der Waals surface area contributed by atoms with Crippen molar-refractivity contribution in [1.29, 1.82) is 0 Å². The van der Waals surface area contributed by atoms with Gasteiger partial charge in [-0.3, -0.25) is 19.2 Å². The first-order valence-corrected chi connectivity index (χ1v) is 16.1. The number of hydrogen-bond acceptors (Lipinski definition) is 5. The van der Waals surface area contributed by atoms with Crippen LogP contribution in [0.1, 0.15) is 76.3 Å². The predicted molar refractivity (Wildman–Crippen MR) is 159 cm³/mol. The number of nitrogens with zero attached hydrogens (tertiary/aromatic N) is 1. The Morgan fingerprint density at radius 1 is 0.953 bits per heavy atom. The Hall–Kier alpha value is -3.43. The number of carbonyl (C=O) groups excluding carboxylic acids is 5. The molecule has 1 heterocycles. The van der Waals surface area contributed by atoms with Crippen LogP contribution in [0.15, 0.2) is 24.3 Å². The lowest BCUT2D eigenvalue weighted by Gasteiger charge is -2.35. The van der Waals surface area contributed by atoms with Gasteiger partial charge in [-0.15, -0.1) is 0 Å². The first-order chi connectivity index (χ1) is 20.5.